The molecule has 2 unspecified atom stereocenters. The average Bonchev–Trinajstić information content (AvgIpc) is 3.04. The molecular formula is C35H61O10P. The lowest BCUT2D eigenvalue weighted by Crippen LogP contribution is -2.29. The number of carbonyl (C=O) groups is 2. The summed E-state index contributed by atoms with van der Waals surface area (Å²) in [5, 5.41) is 18.2. The fourth-order valence-corrected chi connectivity index (χ4v) is 4.88. The number of phosphoric ester groups is 1. The number of unbranched alkanes of at least 4 members (excludes halogenated alkanes) is 11. The van der Waals surface area contributed by atoms with Crippen LogP contribution in [0.4, 0.5) is 0 Å². The summed E-state index contributed by atoms with van der Waals surface area (Å²) in [6.07, 6.45) is 29.5. The van der Waals surface area contributed by atoms with Crippen molar-refractivity contribution in [1.29, 1.82) is 0 Å². The predicted octanol–water partition coefficient (Wildman–Crippen LogP) is 7.82. The molecule has 0 aromatic carbocycles. The van der Waals surface area contributed by atoms with Gasteiger partial charge in [0, 0.05) is 12.8 Å². The van der Waals surface area contributed by atoms with Gasteiger partial charge in [0.2, 0.25) is 0 Å². The van der Waals surface area contributed by atoms with Gasteiger partial charge in [-0.3, -0.25) is 18.6 Å². The Labute approximate surface area is 277 Å². The SMILES string of the molecule is CC/C=C/C=C/C=C/CCCCCCCC(=O)OC(COC(=O)CCCCCC/C=C/CCCC)COP(=O)(O)OC[C@@H](O)CO. The molecule has 0 amide bonds. The van der Waals surface area contributed by atoms with Crippen molar-refractivity contribution in [1.82, 2.24) is 0 Å². The first kappa shape index (κ1) is 43.9. The summed E-state index contributed by atoms with van der Waals surface area (Å²) in [6, 6.07) is 0. The van der Waals surface area contributed by atoms with Gasteiger partial charge < -0.3 is 24.6 Å². The Morgan fingerprint density at radius 3 is 1.85 bits per heavy atom. The highest BCUT2D eigenvalue weighted by Crippen LogP contribution is 2.43. The molecule has 0 aliphatic heterocycles. The summed E-state index contributed by atoms with van der Waals surface area (Å²) >= 11 is 0. The van der Waals surface area contributed by atoms with E-state index in [1.807, 2.05) is 24.3 Å². The molecular weight excluding hydrogens is 611 g/mol. The van der Waals surface area contributed by atoms with E-state index in [4.69, 9.17) is 19.1 Å². The normalized spacial score (nSPS) is 14.8. The number of ether oxygens (including phenoxy) is 2. The third-order valence-corrected chi connectivity index (χ3v) is 7.73. The molecule has 0 fully saturated rings. The number of rotatable bonds is 31. The summed E-state index contributed by atoms with van der Waals surface area (Å²) in [4.78, 5) is 34.6. The van der Waals surface area contributed by atoms with Crippen LogP contribution in [-0.2, 0) is 32.7 Å². The molecule has 266 valence electrons. The highest BCUT2D eigenvalue weighted by Gasteiger charge is 2.27. The van der Waals surface area contributed by atoms with Crippen LogP contribution in [0.1, 0.15) is 123 Å². The maximum absolute atomic E-state index is 12.5. The quantitative estimate of drug-likeness (QED) is 0.0219. The van der Waals surface area contributed by atoms with Gasteiger partial charge in [-0.05, 0) is 51.4 Å². The first-order valence-electron chi connectivity index (χ1n) is 17.1. The Bertz CT molecular complexity index is 915. The van der Waals surface area contributed by atoms with Gasteiger partial charge in [-0.15, -0.1) is 0 Å². The van der Waals surface area contributed by atoms with Crippen LogP contribution in [0, 0.1) is 0 Å². The monoisotopic (exact) mass is 672 g/mol. The number of aliphatic hydroxyl groups is 2. The van der Waals surface area contributed by atoms with Crippen molar-refractivity contribution in [2.45, 2.75) is 135 Å². The van der Waals surface area contributed by atoms with Crippen LogP contribution < -0.4 is 0 Å². The maximum Gasteiger partial charge on any atom is 0.472 e. The van der Waals surface area contributed by atoms with Crippen LogP contribution >= 0.6 is 7.82 Å². The van der Waals surface area contributed by atoms with Gasteiger partial charge in [-0.1, -0.05) is 107 Å². The van der Waals surface area contributed by atoms with Crippen LogP contribution in [0.25, 0.3) is 0 Å². The van der Waals surface area contributed by atoms with E-state index in [-0.39, 0.29) is 19.4 Å². The van der Waals surface area contributed by atoms with Gasteiger partial charge >= 0.3 is 19.8 Å². The van der Waals surface area contributed by atoms with E-state index in [0.717, 1.165) is 70.6 Å². The molecule has 10 nitrogen and oxygen atoms in total. The zero-order valence-electron chi connectivity index (χ0n) is 28.3. The largest absolute Gasteiger partial charge is 0.472 e. The van der Waals surface area contributed by atoms with E-state index in [9.17, 15) is 24.2 Å². The molecule has 0 saturated carbocycles. The van der Waals surface area contributed by atoms with E-state index in [1.165, 1.54) is 12.8 Å². The molecule has 3 N–H and O–H groups in total. The lowest BCUT2D eigenvalue weighted by molar-refractivity contribution is -0.161. The van der Waals surface area contributed by atoms with Gasteiger partial charge in [-0.25, -0.2) is 4.57 Å². The molecule has 0 radical (unpaired) electrons. The molecule has 46 heavy (non-hydrogen) atoms. The fourth-order valence-electron chi connectivity index (χ4n) is 4.09. The molecule has 0 bridgehead atoms. The Morgan fingerprint density at radius 1 is 0.674 bits per heavy atom. The predicted molar refractivity (Wildman–Crippen MR) is 182 cm³/mol. The molecule has 0 aromatic heterocycles. The number of phosphoric acid groups is 1. The lowest BCUT2D eigenvalue weighted by Gasteiger charge is -2.20. The maximum atomic E-state index is 12.5. The highest BCUT2D eigenvalue weighted by molar-refractivity contribution is 7.47. The van der Waals surface area contributed by atoms with Crippen LogP contribution in [0.5, 0.6) is 0 Å². The summed E-state index contributed by atoms with van der Waals surface area (Å²) in [6.45, 7) is 2.12. The zero-order chi connectivity index (χ0) is 34.1. The second-order valence-electron chi connectivity index (χ2n) is 11.2. The summed E-state index contributed by atoms with van der Waals surface area (Å²) in [5.41, 5.74) is 0. The smallest absolute Gasteiger partial charge is 0.462 e. The Kier molecular flexibility index (Phi) is 30.1. The number of hydrogen-bond donors (Lipinski definition) is 3. The van der Waals surface area contributed by atoms with E-state index in [0.29, 0.717) is 12.8 Å². The second-order valence-corrected chi connectivity index (χ2v) is 12.7. The minimum absolute atomic E-state index is 0.157. The van der Waals surface area contributed by atoms with Crippen molar-refractivity contribution in [3.8, 4) is 0 Å². The molecule has 0 rings (SSSR count). The minimum atomic E-state index is -4.61. The Balaban J connectivity index is 4.50. The lowest BCUT2D eigenvalue weighted by atomic mass is 10.1. The van der Waals surface area contributed by atoms with Gasteiger partial charge in [-0.2, -0.15) is 0 Å². The first-order valence-corrected chi connectivity index (χ1v) is 18.6. The van der Waals surface area contributed by atoms with Gasteiger partial charge in [0.25, 0.3) is 0 Å². The summed E-state index contributed by atoms with van der Waals surface area (Å²) in [7, 11) is -4.61. The number of aliphatic hydroxyl groups excluding tert-OH is 2. The third-order valence-electron chi connectivity index (χ3n) is 6.78. The highest BCUT2D eigenvalue weighted by atomic mass is 31.2. The van der Waals surface area contributed by atoms with E-state index >= 15 is 0 Å². The summed E-state index contributed by atoms with van der Waals surface area (Å²) < 4.78 is 32.4. The first-order chi connectivity index (χ1) is 22.2. The summed E-state index contributed by atoms with van der Waals surface area (Å²) in [5.74, 6) is -0.973. The second kappa shape index (κ2) is 31.5. The molecule has 0 heterocycles. The number of carbonyl (C=O) groups excluding carboxylic acids is 2. The van der Waals surface area contributed by atoms with Crippen molar-refractivity contribution in [3.63, 3.8) is 0 Å². The average molecular weight is 673 g/mol. The molecule has 0 aliphatic carbocycles. The van der Waals surface area contributed by atoms with Gasteiger partial charge in [0.1, 0.15) is 12.7 Å². The van der Waals surface area contributed by atoms with Gasteiger partial charge in [0.15, 0.2) is 6.10 Å². The number of esters is 2. The van der Waals surface area contributed by atoms with Crippen LogP contribution in [0.15, 0.2) is 48.6 Å². The van der Waals surface area contributed by atoms with Crippen molar-refractivity contribution in [3.05, 3.63) is 48.6 Å². The van der Waals surface area contributed by atoms with Crippen LogP contribution in [0.2, 0.25) is 0 Å². The molecule has 0 aromatic rings. The Hall–Kier alpha value is -2.07. The van der Waals surface area contributed by atoms with E-state index in [2.05, 4.69) is 42.7 Å². The number of hydrogen-bond acceptors (Lipinski definition) is 9. The number of allylic oxidation sites excluding steroid dienone is 8. The van der Waals surface area contributed by atoms with Crippen LogP contribution in [-0.4, -0.2) is 65.7 Å². The molecule has 11 heteroatoms. The molecule has 0 aliphatic rings. The third kappa shape index (κ3) is 30.6. The van der Waals surface area contributed by atoms with Crippen molar-refractivity contribution < 1.29 is 47.8 Å². The zero-order valence-corrected chi connectivity index (χ0v) is 29.2. The fraction of sp³-hybridized carbons (Fsp3) is 0.714. The van der Waals surface area contributed by atoms with E-state index in [1.54, 1.807) is 0 Å². The molecule has 0 saturated heterocycles. The topological polar surface area (TPSA) is 149 Å². The van der Waals surface area contributed by atoms with Gasteiger partial charge in [0.05, 0.1) is 19.8 Å². The van der Waals surface area contributed by atoms with Crippen LogP contribution in [0.3, 0.4) is 0 Å². The van der Waals surface area contributed by atoms with Crippen molar-refractivity contribution >= 4 is 19.8 Å². The molecule has 3 atom stereocenters. The molecule has 0 spiro atoms. The van der Waals surface area contributed by atoms with E-state index < -0.39 is 51.8 Å². The van der Waals surface area contributed by atoms with Crippen molar-refractivity contribution in [2.75, 3.05) is 26.4 Å². The Morgan fingerprint density at radius 2 is 1.22 bits per heavy atom. The minimum Gasteiger partial charge on any atom is -0.462 e. The standard InChI is InChI=1S/C35H61O10P/c1-3-5-7-9-11-13-15-16-17-19-21-23-25-27-35(39)45-33(31-44-46(40,41)43-29-32(37)28-36)30-42-34(38)26-24-22-20-18-14-12-10-8-6-4-2/h5,7,9-13,15,32-33,36-37H,3-4,6,8,14,16-31H2,1-2H3,(H,40,41)/b7-5+,11-9+,12-10+,15-13+/t32-,33?/m0/s1. The van der Waals surface area contributed by atoms with Crippen molar-refractivity contribution in [2.24, 2.45) is 0 Å².